The number of hydrogen-bond donors (Lipinski definition) is 1. The van der Waals surface area contributed by atoms with Gasteiger partial charge in [-0.1, -0.05) is 0 Å². The monoisotopic (exact) mass is 355 g/mol. The molecule has 0 atom stereocenters. The number of nitrogens with zero attached hydrogens (tertiary/aromatic N) is 2. The van der Waals surface area contributed by atoms with Crippen molar-refractivity contribution in [3.8, 4) is 0 Å². The lowest BCUT2D eigenvalue weighted by molar-refractivity contribution is -0.144. The molecule has 0 unspecified atom stereocenters. The lowest BCUT2D eigenvalue weighted by Crippen LogP contribution is -2.52. The zero-order chi connectivity index (χ0) is 18.2. The van der Waals surface area contributed by atoms with Crippen molar-refractivity contribution in [2.45, 2.75) is 12.8 Å². The van der Waals surface area contributed by atoms with Crippen molar-refractivity contribution in [1.82, 2.24) is 9.80 Å². The number of hydrogen-bond acceptors (Lipinski definition) is 3. The van der Waals surface area contributed by atoms with Gasteiger partial charge < -0.3 is 15.1 Å². The van der Waals surface area contributed by atoms with Crippen molar-refractivity contribution in [2.24, 2.45) is 5.41 Å². The largest absolute Gasteiger partial charge is 0.342 e. The number of benzene rings is 1. The second-order valence-electron chi connectivity index (χ2n) is 6.19. The van der Waals surface area contributed by atoms with E-state index in [-0.39, 0.29) is 0 Å². The van der Waals surface area contributed by atoms with Gasteiger partial charge in [0.15, 0.2) is 17.5 Å². The van der Waals surface area contributed by atoms with Crippen molar-refractivity contribution in [2.75, 3.05) is 31.5 Å². The molecule has 1 aromatic carbocycles. The zero-order valence-electron chi connectivity index (χ0n) is 13.2. The molecular formula is C16H16F3N3O3. The molecule has 1 heterocycles. The third-order valence-corrected chi connectivity index (χ3v) is 4.63. The molecule has 1 N–H and O–H groups in total. The van der Waals surface area contributed by atoms with Gasteiger partial charge in [-0.15, -0.1) is 0 Å². The summed E-state index contributed by atoms with van der Waals surface area (Å²) >= 11 is 0. The molecule has 1 aliphatic carbocycles. The second-order valence-corrected chi connectivity index (χ2v) is 6.19. The van der Waals surface area contributed by atoms with E-state index in [0.29, 0.717) is 51.5 Å². The van der Waals surface area contributed by atoms with Crippen LogP contribution in [0.5, 0.6) is 0 Å². The Balaban J connectivity index is 1.70. The molecule has 25 heavy (non-hydrogen) atoms. The van der Waals surface area contributed by atoms with Gasteiger partial charge >= 0.3 is 0 Å². The average Bonchev–Trinajstić information content (AvgIpc) is 3.43. The number of amides is 3. The molecule has 0 bridgehead atoms. The molecule has 1 aromatic rings. The van der Waals surface area contributed by atoms with E-state index in [9.17, 15) is 27.6 Å². The molecule has 3 amide bonds. The first kappa shape index (κ1) is 17.2. The molecule has 0 aromatic heterocycles. The molecule has 9 heteroatoms. The molecule has 2 fully saturated rings. The minimum atomic E-state index is -1.68. The van der Waals surface area contributed by atoms with Crippen LogP contribution in [-0.4, -0.2) is 54.2 Å². The van der Waals surface area contributed by atoms with E-state index in [1.807, 2.05) is 0 Å². The van der Waals surface area contributed by atoms with Crippen molar-refractivity contribution in [3.63, 3.8) is 0 Å². The van der Waals surface area contributed by atoms with Gasteiger partial charge in [0.1, 0.15) is 5.41 Å². The first-order valence-electron chi connectivity index (χ1n) is 7.83. The predicted molar refractivity (Wildman–Crippen MR) is 80.8 cm³/mol. The van der Waals surface area contributed by atoms with Crippen LogP contribution in [-0.2, 0) is 14.4 Å². The van der Waals surface area contributed by atoms with Crippen molar-refractivity contribution in [1.29, 1.82) is 0 Å². The fourth-order valence-corrected chi connectivity index (χ4v) is 2.86. The van der Waals surface area contributed by atoms with Crippen LogP contribution in [0.25, 0.3) is 0 Å². The van der Waals surface area contributed by atoms with Crippen molar-refractivity contribution < 1.29 is 27.6 Å². The molecule has 3 rings (SSSR count). The fraction of sp³-hybridized carbons (Fsp3) is 0.438. The Morgan fingerprint density at radius 3 is 2.24 bits per heavy atom. The number of carbonyl (C=O) groups is 3. The summed E-state index contributed by atoms with van der Waals surface area (Å²) in [5.74, 6) is -5.67. The molecular weight excluding hydrogens is 339 g/mol. The summed E-state index contributed by atoms with van der Waals surface area (Å²) in [5, 5.41) is 2.19. The molecule has 6 nitrogen and oxygen atoms in total. The van der Waals surface area contributed by atoms with Gasteiger partial charge in [-0.2, -0.15) is 0 Å². The van der Waals surface area contributed by atoms with E-state index < -0.39 is 40.4 Å². The quantitative estimate of drug-likeness (QED) is 0.500. The smallest absolute Gasteiger partial charge is 0.240 e. The van der Waals surface area contributed by atoms with E-state index in [1.165, 1.54) is 9.80 Å². The number of anilines is 1. The number of piperazine rings is 1. The normalized spacial score (nSPS) is 18.7. The van der Waals surface area contributed by atoms with Crippen LogP contribution in [0.3, 0.4) is 0 Å². The maximum Gasteiger partial charge on any atom is 0.240 e. The first-order valence-corrected chi connectivity index (χ1v) is 7.83. The van der Waals surface area contributed by atoms with E-state index >= 15 is 0 Å². The molecule has 1 saturated carbocycles. The maximum absolute atomic E-state index is 13.7. The highest BCUT2D eigenvalue weighted by Gasteiger charge is 2.58. The SMILES string of the molecule is O=CN1CCN(C(=O)C2(C(=O)Nc3ccc(F)c(F)c3F)CC2)CC1. The summed E-state index contributed by atoms with van der Waals surface area (Å²) in [7, 11) is 0. The Morgan fingerprint density at radius 2 is 1.68 bits per heavy atom. The van der Waals surface area contributed by atoms with Gasteiger partial charge in [0, 0.05) is 26.2 Å². The summed E-state index contributed by atoms with van der Waals surface area (Å²) in [5.41, 5.74) is -1.81. The highest BCUT2D eigenvalue weighted by Crippen LogP contribution is 2.48. The minimum Gasteiger partial charge on any atom is -0.342 e. The topological polar surface area (TPSA) is 69.7 Å². The third kappa shape index (κ3) is 3.06. The third-order valence-electron chi connectivity index (χ3n) is 4.63. The standard InChI is InChI=1S/C16H16F3N3O3/c17-10-1-2-11(13(19)12(10)18)20-14(24)16(3-4-16)15(25)22-7-5-21(9-23)6-8-22/h1-2,9H,3-8H2,(H,20,24). The van der Waals surface area contributed by atoms with E-state index in [4.69, 9.17) is 0 Å². The number of nitrogens with one attached hydrogen (secondary N) is 1. The summed E-state index contributed by atoms with van der Waals surface area (Å²) in [4.78, 5) is 38.8. The van der Waals surface area contributed by atoms with Crippen LogP contribution < -0.4 is 5.32 Å². The van der Waals surface area contributed by atoms with Crippen LogP contribution in [0, 0.1) is 22.9 Å². The van der Waals surface area contributed by atoms with Gasteiger partial charge in [-0.25, -0.2) is 13.2 Å². The Hall–Kier alpha value is -2.58. The molecule has 134 valence electrons. The summed E-state index contributed by atoms with van der Waals surface area (Å²) in [6.07, 6.45) is 1.31. The lowest BCUT2D eigenvalue weighted by atomic mass is 10.0. The number of halogens is 3. The second kappa shape index (κ2) is 6.38. The van der Waals surface area contributed by atoms with Crippen LogP contribution >= 0.6 is 0 Å². The van der Waals surface area contributed by atoms with Crippen LogP contribution in [0.1, 0.15) is 12.8 Å². The lowest BCUT2D eigenvalue weighted by Gasteiger charge is -2.34. The van der Waals surface area contributed by atoms with Gasteiger partial charge in [0.2, 0.25) is 18.2 Å². The van der Waals surface area contributed by atoms with Crippen molar-refractivity contribution in [3.05, 3.63) is 29.6 Å². The van der Waals surface area contributed by atoms with E-state index in [0.717, 1.165) is 6.07 Å². The van der Waals surface area contributed by atoms with E-state index in [1.54, 1.807) is 0 Å². The zero-order valence-corrected chi connectivity index (χ0v) is 13.2. The molecule has 0 spiro atoms. The average molecular weight is 355 g/mol. The van der Waals surface area contributed by atoms with Gasteiger partial charge in [0.25, 0.3) is 0 Å². The first-order chi connectivity index (χ1) is 11.9. The Kier molecular flexibility index (Phi) is 4.40. The maximum atomic E-state index is 13.7. The molecule has 1 aliphatic heterocycles. The van der Waals surface area contributed by atoms with Gasteiger partial charge in [0.05, 0.1) is 5.69 Å². The number of rotatable bonds is 4. The van der Waals surface area contributed by atoms with Crippen LogP contribution in [0.15, 0.2) is 12.1 Å². The van der Waals surface area contributed by atoms with Crippen LogP contribution in [0.4, 0.5) is 18.9 Å². The summed E-state index contributed by atoms with van der Waals surface area (Å²) < 4.78 is 39.9. The minimum absolute atomic E-state index is 0.302. The molecule has 1 saturated heterocycles. The Bertz CT molecular complexity index is 729. The van der Waals surface area contributed by atoms with Gasteiger partial charge in [-0.3, -0.25) is 14.4 Å². The van der Waals surface area contributed by atoms with Gasteiger partial charge in [-0.05, 0) is 25.0 Å². The Morgan fingerprint density at radius 1 is 1.04 bits per heavy atom. The highest BCUT2D eigenvalue weighted by molar-refractivity contribution is 6.13. The van der Waals surface area contributed by atoms with Crippen molar-refractivity contribution >= 4 is 23.9 Å². The van der Waals surface area contributed by atoms with Crippen LogP contribution in [0.2, 0.25) is 0 Å². The van der Waals surface area contributed by atoms with E-state index in [2.05, 4.69) is 5.32 Å². The molecule has 0 radical (unpaired) electrons. The summed E-state index contributed by atoms with van der Waals surface area (Å²) in [6.45, 7) is 1.38. The molecule has 2 aliphatic rings. The summed E-state index contributed by atoms with van der Waals surface area (Å²) in [6, 6.07) is 1.61. The Labute approximate surface area is 141 Å². The predicted octanol–water partition coefficient (Wildman–Crippen LogP) is 1.12. The fourth-order valence-electron chi connectivity index (χ4n) is 2.86. The highest BCUT2D eigenvalue weighted by atomic mass is 19.2. The number of carbonyl (C=O) groups excluding carboxylic acids is 3.